The molecule has 0 aliphatic carbocycles. The average Bonchev–Trinajstić information content (AvgIpc) is 2.75. The zero-order chi connectivity index (χ0) is 18.2. The molecule has 0 saturated heterocycles. The Bertz CT molecular complexity index is 836. The van der Waals surface area contributed by atoms with E-state index < -0.39 is 33.4 Å². The Hall–Kier alpha value is -2.33. The van der Waals surface area contributed by atoms with Crippen molar-refractivity contribution in [2.45, 2.75) is 6.18 Å². The molecule has 1 amide bonds. The molecule has 1 aromatic carbocycles. The summed E-state index contributed by atoms with van der Waals surface area (Å²) in [6.07, 6.45) is -4.81. The first-order valence-electron chi connectivity index (χ1n) is 6.07. The number of nitro groups is 1. The molecule has 0 fully saturated rings. The number of non-ortho nitro benzene ring substituents is 1. The molecular formula is C12H7Cl2F3N4O3. The number of aromatic nitrogens is 2. The summed E-state index contributed by atoms with van der Waals surface area (Å²) < 4.78 is 39.0. The average molecular weight is 383 g/mol. The van der Waals surface area contributed by atoms with Crippen molar-refractivity contribution in [3.05, 3.63) is 49.7 Å². The van der Waals surface area contributed by atoms with E-state index in [-0.39, 0.29) is 16.4 Å². The first-order valence-corrected chi connectivity index (χ1v) is 6.83. The zero-order valence-corrected chi connectivity index (χ0v) is 13.2. The predicted molar refractivity (Wildman–Crippen MR) is 79.3 cm³/mol. The van der Waals surface area contributed by atoms with Crippen molar-refractivity contribution in [2.24, 2.45) is 7.05 Å². The third-order valence-electron chi connectivity index (χ3n) is 2.88. The number of nitrogens with one attached hydrogen (secondary N) is 1. The highest BCUT2D eigenvalue weighted by atomic mass is 35.5. The summed E-state index contributed by atoms with van der Waals surface area (Å²) in [6.45, 7) is 0. The van der Waals surface area contributed by atoms with Crippen LogP contribution in [0.5, 0.6) is 0 Å². The van der Waals surface area contributed by atoms with Gasteiger partial charge in [-0.2, -0.15) is 18.3 Å². The molecule has 2 rings (SSSR count). The van der Waals surface area contributed by atoms with Crippen LogP contribution in [-0.4, -0.2) is 20.6 Å². The smallest absolute Gasteiger partial charge is 0.319 e. The SMILES string of the molecule is Cn1nc(C(=O)Nc2cc([N+](=O)[O-])ccc2Cl)c(Cl)c1C(F)(F)F. The molecular weight excluding hydrogens is 376 g/mol. The molecule has 1 heterocycles. The van der Waals surface area contributed by atoms with E-state index >= 15 is 0 Å². The van der Waals surface area contributed by atoms with Crippen molar-refractivity contribution in [1.82, 2.24) is 9.78 Å². The zero-order valence-electron chi connectivity index (χ0n) is 11.7. The maximum Gasteiger partial charge on any atom is 0.434 e. The molecule has 0 saturated carbocycles. The van der Waals surface area contributed by atoms with Gasteiger partial charge in [0.2, 0.25) is 0 Å². The molecule has 2 aromatic rings. The summed E-state index contributed by atoms with van der Waals surface area (Å²) in [5.74, 6) is -1.09. The molecule has 1 N–H and O–H groups in total. The number of rotatable bonds is 3. The number of halogens is 5. The van der Waals surface area contributed by atoms with Crippen LogP contribution in [0.1, 0.15) is 16.2 Å². The Balaban J connectivity index is 2.38. The molecule has 128 valence electrons. The molecule has 0 bridgehead atoms. The Labute approximate surface area is 142 Å². The maximum absolute atomic E-state index is 12.8. The van der Waals surface area contributed by atoms with E-state index in [2.05, 4.69) is 10.4 Å². The van der Waals surface area contributed by atoms with Gasteiger partial charge in [-0.15, -0.1) is 0 Å². The second kappa shape index (κ2) is 6.29. The van der Waals surface area contributed by atoms with E-state index in [0.29, 0.717) is 4.68 Å². The maximum atomic E-state index is 12.8. The number of carbonyl (C=O) groups is 1. The molecule has 1 aromatic heterocycles. The molecule has 12 heteroatoms. The lowest BCUT2D eigenvalue weighted by molar-refractivity contribution is -0.384. The quantitative estimate of drug-likeness (QED) is 0.643. The highest BCUT2D eigenvalue weighted by molar-refractivity contribution is 6.36. The lowest BCUT2D eigenvalue weighted by atomic mass is 10.2. The summed E-state index contributed by atoms with van der Waals surface area (Å²) in [4.78, 5) is 22.1. The largest absolute Gasteiger partial charge is 0.434 e. The van der Waals surface area contributed by atoms with E-state index in [4.69, 9.17) is 23.2 Å². The molecule has 0 radical (unpaired) electrons. The van der Waals surface area contributed by atoms with E-state index in [1.165, 1.54) is 0 Å². The van der Waals surface area contributed by atoms with Crippen LogP contribution in [0.15, 0.2) is 18.2 Å². The van der Waals surface area contributed by atoms with Crippen LogP contribution < -0.4 is 5.32 Å². The molecule has 7 nitrogen and oxygen atoms in total. The topological polar surface area (TPSA) is 90.1 Å². The number of aryl methyl sites for hydroxylation is 1. The van der Waals surface area contributed by atoms with Gasteiger partial charge in [-0.05, 0) is 6.07 Å². The van der Waals surface area contributed by atoms with Gasteiger partial charge in [0.05, 0.1) is 15.6 Å². The normalized spacial score (nSPS) is 11.4. The number of carbonyl (C=O) groups excluding carboxylic acids is 1. The fourth-order valence-electron chi connectivity index (χ4n) is 1.86. The monoisotopic (exact) mass is 382 g/mol. The van der Waals surface area contributed by atoms with Gasteiger partial charge in [-0.25, -0.2) is 0 Å². The Morgan fingerprint density at radius 3 is 2.50 bits per heavy atom. The van der Waals surface area contributed by atoms with Crippen molar-refractivity contribution in [1.29, 1.82) is 0 Å². The lowest BCUT2D eigenvalue weighted by Gasteiger charge is -2.07. The number of amides is 1. The lowest BCUT2D eigenvalue weighted by Crippen LogP contribution is -2.14. The Morgan fingerprint density at radius 1 is 1.38 bits per heavy atom. The van der Waals surface area contributed by atoms with Gasteiger partial charge >= 0.3 is 6.18 Å². The second-order valence-corrected chi connectivity index (χ2v) is 5.29. The van der Waals surface area contributed by atoms with Gasteiger partial charge < -0.3 is 5.32 Å². The van der Waals surface area contributed by atoms with Crippen molar-refractivity contribution >= 4 is 40.5 Å². The van der Waals surface area contributed by atoms with E-state index in [1.807, 2.05) is 0 Å². The second-order valence-electron chi connectivity index (χ2n) is 4.51. The fourth-order valence-corrected chi connectivity index (χ4v) is 2.37. The predicted octanol–water partition coefficient (Wildman–Crippen LogP) is 3.91. The van der Waals surface area contributed by atoms with Crippen LogP contribution in [-0.2, 0) is 13.2 Å². The van der Waals surface area contributed by atoms with Crippen LogP contribution in [0.3, 0.4) is 0 Å². The summed E-state index contributed by atoms with van der Waals surface area (Å²) >= 11 is 11.4. The molecule has 0 unspecified atom stereocenters. The third kappa shape index (κ3) is 3.44. The number of anilines is 1. The molecule has 0 aliphatic heterocycles. The van der Waals surface area contributed by atoms with Gasteiger partial charge in [-0.3, -0.25) is 19.6 Å². The molecule has 24 heavy (non-hydrogen) atoms. The number of hydrogen-bond donors (Lipinski definition) is 1. The third-order valence-corrected chi connectivity index (χ3v) is 3.57. The first-order chi connectivity index (χ1) is 11.0. The number of nitro benzene ring substituents is 1. The van der Waals surface area contributed by atoms with Crippen molar-refractivity contribution in [3.63, 3.8) is 0 Å². The summed E-state index contributed by atoms with van der Waals surface area (Å²) in [7, 11) is 0.978. The van der Waals surface area contributed by atoms with Crippen molar-refractivity contribution in [2.75, 3.05) is 5.32 Å². The standard InChI is InChI=1S/C12H7Cl2F3N4O3/c1-20-10(12(15,16)17)8(14)9(19-20)11(22)18-7-4-5(21(23)24)2-3-6(7)13/h2-4H,1H3,(H,18,22). The minimum Gasteiger partial charge on any atom is -0.319 e. The summed E-state index contributed by atoms with van der Waals surface area (Å²) in [6, 6.07) is 3.23. The summed E-state index contributed by atoms with van der Waals surface area (Å²) in [5.41, 5.74) is -2.50. The van der Waals surface area contributed by atoms with Gasteiger partial charge in [0.15, 0.2) is 11.4 Å². The van der Waals surface area contributed by atoms with Gasteiger partial charge in [-0.1, -0.05) is 23.2 Å². The Morgan fingerprint density at radius 2 is 2.00 bits per heavy atom. The molecule has 0 atom stereocenters. The minimum atomic E-state index is -4.81. The fraction of sp³-hybridized carbons (Fsp3) is 0.167. The first kappa shape index (κ1) is 18.0. The Kier molecular flexibility index (Phi) is 4.72. The van der Waals surface area contributed by atoms with Crippen molar-refractivity contribution < 1.29 is 22.9 Å². The number of hydrogen-bond acceptors (Lipinski definition) is 4. The van der Waals surface area contributed by atoms with Gasteiger partial charge in [0, 0.05) is 19.2 Å². The number of nitrogens with zero attached hydrogens (tertiary/aromatic N) is 3. The van der Waals surface area contributed by atoms with Gasteiger partial charge in [0.1, 0.15) is 5.02 Å². The van der Waals surface area contributed by atoms with Crippen LogP contribution in [0.4, 0.5) is 24.5 Å². The summed E-state index contributed by atoms with van der Waals surface area (Å²) in [5, 5.41) is 15.4. The minimum absolute atomic E-state index is 0.0444. The highest BCUT2D eigenvalue weighted by Gasteiger charge is 2.40. The molecule has 0 aliphatic rings. The van der Waals surface area contributed by atoms with Crippen LogP contribution in [0.2, 0.25) is 10.0 Å². The van der Waals surface area contributed by atoms with E-state index in [9.17, 15) is 28.1 Å². The van der Waals surface area contributed by atoms with Crippen LogP contribution in [0, 0.1) is 10.1 Å². The van der Waals surface area contributed by atoms with Crippen LogP contribution in [0.25, 0.3) is 0 Å². The molecule has 0 spiro atoms. The highest BCUT2D eigenvalue weighted by Crippen LogP contribution is 2.36. The van der Waals surface area contributed by atoms with E-state index in [1.54, 1.807) is 0 Å². The number of benzene rings is 1. The van der Waals surface area contributed by atoms with Gasteiger partial charge in [0.25, 0.3) is 11.6 Å². The number of alkyl halides is 3. The van der Waals surface area contributed by atoms with Crippen molar-refractivity contribution in [3.8, 4) is 0 Å². The van der Waals surface area contributed by atoms with Crippen LogP contribution >= 0.6 is 23.2 Å². The van der Waals surface area contributed by atoms with E-state index in [0.717, 1.165) is 25.2 Å².